The second-order valence-electron chi connectivity index (χ2n) is 5.31. The Kier molecular flexibility index (Phi) is 4.16. The Bertz CT molecular complexity index is 564. The summed E-state index contributed by atoms with van der Waals surface area (Å²) in [6.07, 6.45) is 1.03. The SMILES string of the molecule is CCN(C(=O)N1CCCC1(C)C(=O)O)c1ccccc1F. The third kappa shape index (κ3) is 2.57. The fourth-order valence-corrected chi connectivity index (χ4v) is 2.72. The van der Waals surface area contributed by atoms with E-state index in [2.05, 4.69) is 0 Å². The standard InChI is InChI=1S/C15H19FN2O3/c1-3-17(12-8-5-4-7-11(12)16)14(21)18-10-6-9-15(18,2)13(19)20/h4-5,7-8H,3,6,9-10H2,1-2H3,(H,19,20). The average Bonchev–Trinajstić information content (AvgIpc) is 2.85. The van der Waals surface area contributed by atoms with Crippen LogP contribution in [0.2, 0.25) is 0 Å². The number of halogens is 1. The van der Waals surface area contributed by atoms with Gasteiger partial charge in [-0.3, -0.25) is 4.90 Å². The smallest absolute Gasteiger partial charge is 0.329 e. The van der Waals surface area contributed by atoms with Gasteiger partial charge in [-0.05, 0) is 38.8 Å². The number of hydrogen-bond donors (Lipinski definition) is 1. The van der Waals surface area contributed by atoms with Gasteiger partial charge in [-0.25, -0.2) is 14.0 Å². The third-order valence-electron chi connectivity index (χ3n) is 4.02. The van der Waals surface area contributed by atoms with E-state index in [1.807, 2.05) is 0 Å². The summed E-state index contributed by atoms with van der Waals surface area (Å²) in [7, 11) is 0. The first-order valence-electron chi connectivity index (χ1n) is 6.99. The van der Waals surface area contributed by atoms with Crippen molar-refractivity contribution in [3.63, 3.8) is 0 Å². The summed E-state index contributed by atoms with van der Waals surface area (Å²) < 4.78 is 13.9. The van der Waals surface area contributed by atoms with E-state index >= 15 is 0 Å². The van der Waals surface area contributed by atoms with Crippen molar-refractivity contribution >= 4 is 17.7 Å². The van der Waals surface area contributed by atoms with Gasteiger partial charge in [-0.2, -0.15) is 0 Å². The maximum atomic E-state index is 13.9. The molecule has 1 heterocycles. The molecule has 0 radical (unpaired) electrons. The number of carboxylic acids is 1. The first-order valence-corrected chi connectivity index (χ1v) is 6.99. The largest absolute Gasteiger partial charge is 0.480 e. The molecule has 0 bridgehead atoms. The van der Waals surface area contributed by atoms with E-state index in [1.54, 1.807) is 19.1 Å². The maximum absolute atomic E-state index is 13.9. The van der Waals surface area contributed by atoms with Gasteiger partial charge in [-0.15, -0.1) is 0 Å². The lowest BCUT2D eigenvalue weighted by Crippen LogP contribution is -2.55. The summed E-state index contributed by atoms with van der Waals surface area (Å²) in [5.74, 6) is -1.53. The van der Waals surface area contributed by atoms with E-state index in [1.165, 1.54) is 28.9 Å². The first kappa shape index (κ1) is 15.3. The van der Waals surface area contributed by atoms with Gasteiger partial charge in [0.05, 0.1) is 5.69 Å². The number of nitrogens with zero attached hydrogens (tertiary/aromatic N) is 2. The van der Waals surface area contributed by atoms with Crippen LogP contribution in [-0.4, -0.2) is 40.6 Å². The summed E-state index contributed by atoms with van der Waals surface area (Å²) in [5.41, 5.74) is -1.06. The summed E-state index contributed by atoms with van der Waals surface area (Å²) in [4.78, 5) is 26.7. The third-order valence-corrected chi connectivity index (χ3v) is 4.02. The zero-order valence-electron chi connectivity index (χ0n) is 12.2. The number of carboxylic acid groups (broad SMARTS) is 1. The van der Waals surface area contributed by atoms with Gasteiger partial charge in [0.1, 0.15) is 11.4 Å². The molecule has 114 valence electrons. The molecule has 1 aromatic carbocycles. The van der Waals surface area contributed by atoms with Crippen LogP contribution in [0.5, 0.6) is 0 Å². The number of para-hydroxylation sites is 1. The van der Waals surface area contributed by atoms with E-state index in [0.717, 1.165) is 0 Å². The number of aliphatic carboxylic acids is 1. The fourth-order valence-electron chi connectivity index (χ4n) is 2.72. The van der Waals surface area contributed by atoms with Crippen LogP contribution in [0.3, 0.4) is 0 Å². The van der Waals surface area contributed by atoms with Crippen LogP contribution in [0, 0.1) is 5.82 Å². The van der Waals surface area contributed by atoms with Gasteiger partial charge in [-0.1, -0.05) is 12.1 Å². The molecule has 2 amide bonds. The predicted molar refractivity (Wildman–Crippen MR) is 76.8 cm³/mol. The molecular weight excluding hydrogens is 275 g/mol. The van der Waals surface area contributed by atoms with Crippen molar-refractivity contribution in [2.75, 3.05) is 18.0 Å². The van der Waals surface area contributed by atoms with Crippen LogP contribution in [0.15, 0.2) is 24.3 Å². The highest BCUT2D eigenvalue weighted by Gasteiger charge is 2.47. The highest BCUT2D eigenvalue weighted by atomic mass is 19.1. The van der Waals surface area contributed by atoms with Crippen molar-refractivity contribution in [3.05, 3.63) is 30.1 Å². The molecule has 5 nitrogen and oxygen atoms in total. The molecule has 1 atom stereocenters. The number of anilines is 1. The number of hydrogen-bond acceptors (Lipinski definition) is 2. The Morgan fingerprint density at radius 2 is 2.10 bits per heavy atom. The minimum Gasteiger partial charge on any atom is -0.480 e. The molecule has 21 heavy (non-hydrogen) atoms. The summed E-state index contributed by atoms with van der Waals surface area (Å²) in [6.45, 7) is 3.91. The van der Waals surface area contributed by atoms with Crippen LogP contribution in [0.1, 0.15) is 26.7 Å². The van der Waals surface area contributed by atoms with Crippen molar-refractivity contribution in [2.24, 2.45) is 0 Å². The van der Waals surface area contributed by atoms with E-state index in [9.17, 15) is 19.1 Å². The molecule has 1 saturated heterocycles. The Morgan fingerprint density at radius 3 is 2.67 bits per heavy atom. The number of benzene rings is 1. The first-order chi connectivity index (χ1) is 9.91. The number of likely N-dealkylation sites (tertiary alicyclic amines) is 1. The highest BCUT2D eigenvalue weighted by molar-refractivity contribution is 5.96. The van der Waals surface area contributed by atoms with Crippen LogP contribution < -0.4 is 4.90 Å². The van der Waals surface area contributed by atoms with E-state index < -0.39 is 23.4 Å². The molecule has 0 saturated carbocycles. The molecule has 1 fully saturated rings. The van der Waals surface area contributed by atoms with Crippen molar-refractivity contribution in [1.29, 1.82) is 0 Å². The van der Waals surface area contributed by atoms with E-state index in [0.29, 0.717) is 19.4 Å². The number of carbonyl (C=O) groups is 2. The molecule has 2 rings (SSSR count). The topological polar surface area (TPSA) is 60.9 Å². The van der Waals surface area contributed by atoms with Crippen LogP contribution >= 0.6 is 0 Å². The Hall–Kier alpha value is -2.11. The minimum absolute atomic E-state index is 0.171. The van der Waals surface area contributed by atoms with Gasteiger partial charge in [0.25, 0.3) is 0 Å². The molecule has 0 aromatic heterocycles. The molecule has 6 heteroatoms. The van der Waals surface area contributed by atoms with E-state index in [-0.39, 0.29) is 12.2 Å². The van der Waals surface area contributed by atoms with Crippen molar-refractivity contribution < 1.29 is 19.1 Å². The second kappa shape index (κ2) is 5.71. The van der Waals surface area contributed by atoms with Gasteiger partial charge < -0.3 is 10.0 Å². The summed E-state index contributed by atoms with van der Waals surface area (Å²) in [5, 5.41) is 9.38. The summed E-state index contributed by atoms with van der Waals surface area (Å²) >= 11 is 0. The zero-order chi connectivity index (χ0) is 15.6. The van der Waals surface area contributed by atoms with Crippen LogP contribution in [0.4, 0.5) is 14.9 Å². The molecule has 1 aliphatic rings. The van der Waals surface area contributed by atoms with Gasteiger partial charge in [0.2, 0.25) is 0 Å². The lowest BCUT2D eigenvalue weighted by molar-refractivity contribution is -0.147. The number of carbonyl (C=O) groups excluding carboxylic acids is 1. The number of amides is 2. The normalized spacial score (nSPS) is 21.4. The average molecular weight is 294 g/mol. The second-order valence-corrected chi connectivity index (χ2v) is 5.31. The zero-order valence-corrected chi connectivity index (χ0v) is 12.2. The predicted octanol–water partition coefficient (Wildman–Crippen LogP) is 2.71. The monoisotopic (exact) mass is 294 g/mol. The molecule has 1 unspecified atom stereocenters. The molecule has 0 aliphatic carbocycles. The lowest BCUT2D eigenvalue weighted by atomic mass is 9.99. The molecule has 0 spiro atoms. The van der Waals surface area contributed by atoms with Gasteiger partial charge in [0, 0.05) is 13.1 Å². The lowest BCUT2D eigenvalue weighted by Gasteiger charge is -2.35. The van der Waals surface area contributed by atoms with Gasteiger partial charge in [0.15, 0.2) is 0 Å². The maximum Gasteiger partial charge on any atom is 0.329 e. The molecule has 1 aliphatic heterocycles. The molecule has 1 aromatic rings. The van der Waals surface area contributed by atoms with Gasteiger partial charge >= 0.3 is 12.0 Å². The summed E-state index contributed by atoms with van der Waals surface area (Å²) in [6, 6.07) is 5.53. The number of urea groups is 1. The highest BCUT2D eigenvalue weighted by Crippen LogP contribution is 2.31. The molecular formula is C15H19FN2O3. The minimum atomic E-state index is -1.23. The molecule has 1 N–H and O–H groups in total. The van der Waals surface area contributed by atoms with Crippen molar-refractivity contribution in [3.8, 4) is 0 Å². The van der Waals surface area contributed by atoms with Crippen molar-refractivity contribution in [2.45, 2.75) is 32.2 Å². The quantitative estimate of drug-likeness (QED) is 0.932. The Morgan fingerprint density at radius 1 is 1.43 bits per heavy atom. The number of rotatable bonds is 3. The van der Waals surface area contributed by atoms with Crippen molar-refractivity contribution in [1.82, 2.24) is 4.90 Å². The van der Waals surface area contributed by atoms with Crippen LogP contribution in [-0.2, 0) is 4.79 Å². The Balaban J connectivity index is 2.33. The van der Waals surface area contributed by atoms with Crippen LogP contribution in [0.25, 0.3) is 0 Å². The fraction of sp³-hybridized carbons (Fsp3) is 0.467. The van der Waals surface area contributed by atoms with E-state index in [4.69, 9.17) is 0 Å². The Labute approximate surface area is 123 Å².